The summed E-state index contributed by atoms with van der Waals surface area (Å²) in [5, 5.41) is 10.0. The summed E-state index contributed by atoms with van der Waals surface area (Å²) >= 11 is 2.18. The molecule has 0 unspecified atom stereocenters. The summed E-state index contributed by atoms with van der Waals surface area (Å²) in [6.45, 7) is 0. The monoisotopic (exact) mass is 387 g/mol. The van der Waals surface area contributed by atoms with Gasteiger partial charge >= 0.3 is 0 Å². The van der Waals surface area contributed by atoms with Crippen molar-refractivity contribution in [2.45, 2.75) is 0 Å². The maximum absolute atomic E-state index is 10.0. The van der Waals surface area contributed by atoms with E-state index in [2.05, 4.69) is 51.8 Å². The molecule has 0 fully saturated rings. The average molecular weight is 387 g/mol. The molecule has 0 radical (unpaired) electrons. The first kappa shape index (κ1) is 13.9. The van der Waals surface area contributed by atoms with E-state index >= 15 is 0 Å². The van der Waals surface area contributed by atoms with Crippen molar-refractivity contribution in [3.63, 3.8) is 0 Å². The van der Waals surface area contributed by atoms with Crippen molar-refractivity contribution in [1.82, 2.24) is 0 Å². The van der Waals surface area contributed by atoms with Gasteiger partial charge in [0, 0.05) is 11.4 Å². The van der Waals surface area contributed by atoms with Crippen molar-refractivity contribution < 1.29 is 5.11 Å². The zero-order valence-corrected chi connectivity index (χ0v) is 13.4. The second kappa shape index (κ2) is 6.18. The Bertz CT molecular complexity index is 689. The predicted octanol–water partition coefficient (Wildman–Crippen LogP) is 5.47. The molecular formula is C18H14INO. The van der Waals surface area contributed by atoms with Gasteiger partial charge in [-0.25, -0.2) is 0 Å². The third-order valence-electron chi connectivity index (χ3n) is 3.23. The number of nitrogens with zero attached hydrogens (tertiary/aromatic N) is 1. The summed E-state index contributed by atoms with van der Waals surface area (Å²) in [4.78, 5) is 2.14. The van der Waals surface area contributed by atoms with Gasteiger partial charge in [0.25, 0.3) is 0 Å². The van der Waals surface area contributed by atoms with Gasteiger partial charge in [0.15, 0.2) is 0 Å². The van der Waals surface area contributed by atoms with E-state index in [-0.39, 0.29) is 0 Å². The SMILES string of the molecule is Oc1cccc(N(c2ccccc2)c2ccccc2)c1I. The smallest absolute Gasteiger partial charge is 0.131 e. The van der Waals surface area contributed by atoms with E-state index in [0.29, 0.717) is 5.75 Å². The van der Waals surface area contributed by atoms with E-state index in [1.807, 2.05) is 48.5 Å². The van der Waals surface area contributed by atoms with Crippen molar-refractivity contribution in [2.24, 2.45) is 0 Å². The van der Waals surface area contributed by atoms with Crippen LogP contribution in [-0.4, -0.2) is 5.11 Å². The minimum Gasteiger partial charge on any atom is -0.507 e. The number of halogens is 1. The molecule has 0 aromatic heterocycles. The number of phenolic OH excluding ortho intramolecular Hbond substituents is 1. The quantitative estimate of drug-likeness (QED) is 0.603. The van der Waals surface area contributed by atoms with Gasteiger partial charge in [-0.2, -0.15) is 0 Å². The second-order valence-corrected chi connectivity index (χ2v) is 5.70. The average Bonchev–Trinajstić information content (AvgIpc) is 2.54. The van der Waals surface area contributed by atoms with Gasteiger partial charge in [-0.3, -0.25) is 0 Å². The van der Waals surface area contributed by atoms with Crippen molar-refractivity contribution in [1.29, 1.82) is 0 Å². The van der Waals surface area contributed by atoms with Crippen LogP contribution in [0.25, 0.3) is 0 Å². The van der Waals surface area contributed by atoms with E-state index in [0.717, 1.165) is 20.6 Å². The third kappa shape index (κ3) is 2.88. The molecule has 2 nitrogen and oxygen atoms in total. The maximum atomic E-state index is 10.0. The number of rotatable bonds is 3. The Morgan fingerprint density at radius 3 is 1.71 bits per heavy atom. The van der Waals surface area contributed by atoms with Gasteiger partial charge in [0.1, 0.15) is 5.75 Å². The largest absolute Gasteiger partial charge is 0.507 e. The van der Waals surface area contributed by atoms with Crippen LogP contribution in [0.2, 0.25) is 0 Å². The minimum atomic E-state index is 0.296. The second-order valence-electron chi connectivity index (χ2n) is 4.62. The zero-order valence-electron chi connectivity index (χ0n) is 11.3. The Balaban J connectivity index is 2.20. The van der Waals surface area contributed by atoms with E-state index in [1.165, 1.54) is 0 Å². The number of para-hydroxylation sites is 2. The Morgan fingerprint density at radius 1 is 0.667 bits per heavy atom. The molecule has 0 aliphatic heterocycles. The van der Waals surface area contributed by atoms with Crippen molar-refractivity contribution >= 4 is 39.7 Å². The van der Waals surface area contributed by atoms with Crippen LogP contribution in [-0.2, 0) is 0 Å². The number of hydrogen-bond donors (Lipinski definition) is 1. The molecule has 0 atom stereocenters. The lowest BCUT2D eigenvalue weighted by atomic mass is 10.2. The number of aromatic hydroxyl groups is 1. The van der Waals surface area contributed by atoms with Crippen LogP contribution in [0, 0.1) is 3.57 Å². The molecule has 104 valence electrons. The fraction of sp³-hybridized carbons (Fsp3) is 0. The number of phenols is 1. The molecule has 3 heteroatoms. The molecule has 21 heavy (non-hydrogen) atoms. The molecule has 0 saturated carbocycles. The molecule has 0 aliphatic rings. The van der Waals surface area contributed by atoms with Crippen LogP contribution < -0.4 is 4.90 Å². The molecule has 3 aromatic carbocycles. The van der Waals surface area contributed by atoms with Crippen LogP contribution >= 0.6 is 22.6 Å². The molecule has 0 heterocycles. The Labute approximate surface area is 137 Å². The van der Waals surface area contributed by atoms with Gasteiger partial charge in [0.2, 0.25) is 0 Å². The van der Waals surface area contributed by atoms with Gasteiger partial charge in [-0.15, -0.1) is 0 Å². The van der Waals surface area contributed by atoms with Crippen LogP contribution in [0.15, 0.2) is 78.9 Å². The summed E-state index contributed by atoms with van der Waals surface area (Å²) < 4.78 is 0.836. The fourth-order valence-electron chi connectivity index (χ4n) is 2.26. The van der Waals surface area contributed by atoms with Gasteiger partial charge in [-0.05, 0) is 59.0 Å². The van der Waals surface area contributed by atoms with Crippen LogP contribution in [0.5, 0.6) is 5.75 Å². The minimum absolute atomic E-state index is 0.296. The van der Waals surface area contributed by atoms with Crippen molar-refractivity contribution in [3.8, 4) is 5.75 Å². The van der Waals surface area contributed by atoms with Crippen molar-refractivity contribution in [3.05, 3.63) is 82.4 Å². The fourth-order valence-corrected chi connectivity index (χ4v) is 2.86. The molecular weight excluding hydrogens is 373 g/mol. The van der Waals surface area contributed by atoms with E-state index < -0.39 is 0 Å². The van der Waals surface area contributed by atoms with Crippen molar-refractivity contribution in [2.75, 3.05) is 4.90 Å². The summed E-state index contributed by atoms with van der Waals surface area (Å²) in [6.07, 6.45) is 0. The Morgan fingerprint density at radius 2 is 1.19 bits per heavy atom. The molecule has 0 amide bonds. The van der Waals surface area contributed by atoms with Gasteiger partial charge in [0.05, 0.1) is 9.26 Å². The standard InChI is InChI=1S/C18H14INO/c19-18-16(12-7-13-17(18)21)20(14-8-3-1-4-9-14)15-10-5-2-6-11-15/h1-13,21H. The Hall–Kier alpha value is -2.01. The molecule has 3 rings (SSSR count). The first-order chi connectivity index (χ1) is 10.3. The Kier molecular flexibility index (Phi) is 4.10. The highest BCUT2D eigenvalue weighted by Gasteiger charge is 2.16. The lowest BCUT2D eigenvalue weighted by molar-refractivity contribution is 0.472. The third-order valence-corrected chi connectivity index (χ3v) is 4.33. The topological polar surface area (TPSA) is 23.5 Å². The van der Waals surface area contributed by atoms with E-state index in [1.54, 1.807) is 6.07 Å². The van der Waals surface area contributed by atoms with Crippen LogP contribution in [0.4, 0.5) is 17.1 Å². The summed E-state index contributed by atoms with van der Waals surface area (Å²) in [7, 11) is 0. The number of anilines is 3. The van der Waals surface area contributed by atoms with Gasteiger partial charge < -0.3 is 10.0 Å². The molecule has 0 saturated heterocycles. The zero-order chi connectivity index (χ0) is 14.7. The van der Waals surface area contributed by atoms with Crippen LogP contribution in [0.1, 0.15) is 0 Å². The van der Waals surface area contributed by atoms with E-state index in [4.69, 9.17) is 0 Å². The highest BCUT2D eigenvalue weighted by Crippen LogP contribution is 2.39. The lowest BCUT2D eigenvalue weighted by Gasteiger charge is -2.26. The highest BCUT2D eigenvalue weighted by molar-refractivity contribution is 14.1. The molecule has 0 bridgehead atoms. The molecule has 1 N–H and O–H groups in total. The highest BCUT2D eigenvalue weighted by atomic mass is 127. The maximum Gasteiger partial charge on any atom is 0.131 e. The van der Waals surface area contributed by atoms with E-state index in [9.17, 15) is 5.11 Å². The molecule has 0 aliphatic carbocycles. The normalized spacial score (nSPS) is 10.3. The number of hydrogen-bond acceptors (Lipinski definition) is 2. The summed E-state index contributed by atoms with van der Waals surface area (Å²) in [5.74, 6) is 0.296. The number of benzene rings is 3. The summed E-state index contributed by atoms with van der Waals surface area (Å²) in [6, 6.07) is 25.9. The molecule has 3 aromatic rings. The first-order valence-corrected chi connectivity index (χ1v) is 7.73. The lowest BCUT2D eigenvalue weighted by Crippen LogP contribution is -2.11. The first-order valence-electron chi connectivity index (χ1n) is 6.65. The molecule has 0 spiro atoms. The van der Waals surface area contributed by atoms with Crippen LogP contribution in [0.3, 0.4) is 0 Å². The predicted molar refractivity (Wildman–Crippen MR) is 95.5 cm³/mol. The van der Waals surface area contributed by atoms with Gasteiger partial charge in [-0.1, -0.05) is 42.5 Å². The summed E-state index contributed by atoms with van der Waals surface area (Å²) in [5.41, 5.74) is 3.09.